The lowest BCUT2D eigenvalue weighted by atomic mass is 10.1. The van der Waals surface area contributed by atoms with Crippen LogP contribution in [0.2, 0.25) is 0 Å². The molecule has 2 heterocycles. The highest BCUT2D eigenvalue weighted by atomic mass is 19.1. The van der Waals surface area contributed by atoms with Crippen LogP contribution < -0.4 is 5.32 Å². The lowest BCUT2D eigenvalue weighted by Crippen LogP contribution is -2.24. The number of benzene rings is 1. The summed E-state index contributed by atoms with van der Waals surface area (Å²) in [6.07, 6.45) is 2.69. The molecule has 0 unspecified atom stereocenters. The van der Waals surface area contributed by atoms with E-state index >= 15 is 0 Å². The van der Waals surface area contributed by atoms with Crippen LogP contribution in [0.25, 0.3) is 0 Å². The summed E-state index contributed by atoms with van der Waals surface area (Å²) in [6, 6.07) is 8.50. The summed E-state index contributed by atoms with van der Waals surface area (Å²) in [5.41, 5.74) is 1.35. The van der Waals surface area contributed by atoms with E-state index in [0.717, 1.165) is 25.1 Å². The van der Waals surface area contributed by atoms with Crippen molar-refractivity contribution in [2.24, 2.45) is 0 Å². The van der Waals surface area contributed by atoms with Gasteiger partial charge in [0.25, 0.3) is 0 Å². The quantitative estimate of drug-likeness (QED) is 0.912. The SMILES string of the molecule is Fc1ccccc1Cc1cc(CO[C@H]2CCCN2)no1. The van der Waals surface area contributed by atoms with Crippen molar-refractivity contribution >= 4 is 0 Å². The van der Waals surface area contributed by atoms with Gasteiger partial charge in [-0.15, -0.1) is 0 Å². The van der Waals surface area contributed by atoms with Crippen LogP contribution in [0.3, 0.4) is 0 Å². The van der Waals surface area contributed by atoms with Crippen molar-refractivity contribution in [3.05, 3.63) is 53.2 Å². The Kier molecular flexibility index (Phi) is 4.08. The first-order chi connectivity index (χ1) is 9.81. The van der Waals surface area contributed by atoms with Crippen LogP contribution in [0.1, 0.15) is 29.9 Å². The van der Waals surface area contributed by atoms with Crippen molar-refractivity contribution in [3.63, 3.8) is 0 Å². The van der Waals surface area contributed by atoms with Gasteiger partial charge in [-0.2, -0.15) is 0 Å². The summed E-state index contributed by atoms with van der Waals surface area (Å²) in [6.45, 7) is 1.42. The van der Waals surface area contributed by atoms with Crippen molar-refractivity contribution in [1.29, 1.82) is 0 Å². The summed E-state index contributed by atoms with van der Waals surface area (Å²) in [5, 5.41) is 7.20. The summed E-state index contributed by atoms with van der Waals surface area (Å²) >= 11 is 0. The van der Waals surface area contributed by atoms with Crippen LogP contribution in [0.15, 0.2) is 34.9 Å². The molecule has 5 heteroatoms. The molecule has 1 aliphatic rings. The van der Waals surface area contributed by atoms with E-state index in [1.807, 2.05) is 12.1 Å². The summed E-state index contributed by atoms with van der Waals surface area (Å²) in [5.74, 6) is 0.421. The number of rotatable bonds is 5. The largest absolute Gasteiger partial charge is 0.361 e. The maximum atomic E-state index is 13.5. The second kappa shape index (κ2) is 6.15. The van der Waals surface area contributed by atoms with Crippen LogP contribution in [0.4, 0.5) is 4.39 Å². The number of nitrogens with zero attached hydrogens (tertiary/aromatic N) is 1. The third kappa shape index (κ3) is 3.23. The van der Waals surface area contributed by atoms with E-state index in [1.165, 1.54) is 6.07 Å². The van der Waals surface area contributed by atoms with Crippen molar-refractivity contribution in [2.45, 2.75) is 32.1 Å². The van der Waals surface area contributed by atoms with E-state index in [0.29, 0.717) is 24.4 Å². The van der Waals surface area contributed by atoms with Gasteiger partial charge in [-0.1, -0.05) is 23.4 Å². The standard InChI is InChI=1S/C15H17FN2O2/c16-14-5-2-1-4-11(14)8-13-9-12(18-20-13)10-19-15-6-3-7-17-15/h1-2,4-5,9,15,17H,3,6-8,10H2/t15-/m0/s1. The van der Waals surface area contributed by atoms with Gasteiger partial charge < -0.3 is 9.26 Å². The number of hydrogen-bond acceptors (Lipinski definition) is 4. The monoisotopic (exact) mass is 276 g/mol. The van der Waals surface area contributed by atoms with Crippen LogP contribution in [0.5, 0.6) is 0 Å². The molecule has 1 fully saturated rings. The van der Waals surface area contributed by atoms with Gasteiger partial charge in [-0.3, -0.25) is 5.32 Å². The Balaban J connectivity index is 1.57. The number of nitrogens with one attached hydrogen (secondary N) is 1. The van der Waals surface area contributed by atoms with Gasteiger partial charge in [-0.05, 0) is 31.0 Å². The van der Waals surface area contributed by atoms with E-state index < -0.39 is 0 Å². The van der Waals surface area contributed by atoms with Crippen LogP contribution in [0, 0.1) is 5.82 Å². The number of hydrogen-bond donors (Lipinski definition) is 1. The zero-order valence-electron chi connectivity index (χ0n) is 11.1. The first-order valence-electron chi connectivity index (χ1n) is 6.84. The molecule has 106 valence electrons. The first-order valence-corrected chi connectivity index (χ1v) is 6.84. The molecule has 0 saturated carbocycles. The lowest BCUT2D eigenvalue weighted by molar-refractivity contribution is 0.0281. The second-order valence-electron chi connectivity index (χ2n) is 4.95. The molecule has 1 aromatic carbocycles. The van der Waals surface area contributed by atoms with Crippen molar-refractivity contribution in [1.82, 2.24) is 10.5 Å². The van der Waals surface area contributed by atoms with Crippen molar-refractivity contribution < 1.29 is 13.7 Å². The van der Waals surface area contributed by atoms with E-state index in [-0.39, 0.29) is 12.0 Å². The fourth-order valence-corrected chi connectivity index (χ4v) is 2.32. The van der Waals surface area contributed by atoms with Gasteiger partial charge in [0.2, 0.25) is 0 Å². The van der Waals surface area contributed by atoms with Crippen LogP contribution in [-0.2, 0) is 17.8 Å². The second-order valence-corrected chi connectivity index (χ2v) is 4.95. The molecular weight excluding hydrogens is 259 g/mol. The summed E-state index contributed by atoms with van der Waals surface area (Å²) < 4.78 is 24.4. The Morgan fingerprint density at radius 3 is 3.10 bits per heavy atom. The highest BCUT2D eigenvalue weighted by molar-refractivity contribution is 5.22. The Hall–Kier alpha value is -1.72. The minimum atomic E-state index is -0.225. The number of ether oxygens (including phenoxy) is 1. The minimum absolute atomic E-state index is 0.113. The summed E-state index contributed by atoms with van der Waals surface area (Å²) in [4.78, 5) is 0. The fraction of sp³-hybridized carbons (Fsp3) is 0.400. The molecule has 0 bridgehead atoms. The number of halogens is 1. The fourth-order valence-electron chi connectivity index (χ4n) is 2.32. The molecule has 1 aromatic heterocycles. The molecule has 4 nitrogen and oxygen atoms in total. The van der Waals surface area contributed by atoms with E-state index in [4.69, 9.17) is 9.26 Å². The van der Waals surface area contributed by atoms with Gasteiger partial charge >= 0.3 is 0 Å². The Morgan fingerprint density at radius 1 is 1.40 bits per heavy atom. The average molecular weight is 276 g/mol. The van der Waals surface area contributed by atoms with E-state index in [2.05, 4.69) is 10.5 Å². The first kappa shape index (κ1) is 13.3. The summed E-state index contributed by atoms with van der Waals surface area (Å²) in [7, 11) is 0. The van der Waals surface area contributed by atoms with Gasteiger partial charge in [0.15, 0.2) is 0 Å². The normalized spacial score (nSPS) is 18.6. The van der Waals surface area contributed by atoms with Gasteiger partial charge in [-0.25, -0.2) is 4.39 Å². The molecule has 1 saturated heterocycles. The molecule has 2 aromatic rings. The molecular formula is C15H17FN2O2. The Morgan fingerprint density at radius 2 is 2.30 bits per heavy atom. The molecule has 1 atom stereocenters. The molecule has 0 amide bonds. The maximum Gasteiger partial charge on any atom is 0.141 e. The highest BCUT2D eigenvalue weighted by Gasteiger charge is 2.15. The van der Waals surface area contributed by atoms with Gasteiger partial charge in [0.05, 0.1) is 6.61 Å². The maximum absolute atomic E-state index is 13.5. The molecule has 1 aliphatic heterocycles. The lowest BCUT2D eigenvalue weighted by Gasteiger charge is -2.09. The average Bonchev–Trinajstić information content (AvgIpc) is 3.10. The topological polar surface area (TPSA) is 47.3 Å². The zero-order valence-corrected chi connectivity index (χ0v) is 11.1. The zero-order chi connectivity index (χ0) is 13.8. The minimum Gasteiger partial charge on any atom is -0.361 e. The third-order valence-corrected chi connectivity index (χ3v) is 3.38. The molecule has 20 heavy (non-hydrogen) atoms. The molecule has 3 rings (SSSR count). The third-order valence-electron chi connectivity index (χ3n) is 3.38. The molecule has 0 spiro atoms. The van der Waals surface area contributed by atoms with Gasteiger partial charge in [0, 0.05) is 12.5 Å². The molecule has 1 N–H and O–H groups in total. The predicted molar refractivity (Wildman–Crippen MR) is 71.5 cm³/mol. The smallest absolute Gasteiger partial charge is 0.141 e. The van der Waals surface area contributed by atoms with E-state index in [1.54, 1.807) is 12.1 Å². The molecule has 0 aliphatic carbocycles. The van der Waals surface area contributed by atoms with Crippen LogP contribution >= 0.6 is 0 Å². The predicted octanol–water partition coefficient (Wildman–Crippen LogP) is 2.63. The van der Waals surface area contributed by atoms with Gasteiger partial charge in [0.1, 0.15) is 23.5 Å². The highest BCUT2D eigenvalue weighted by Crippen LogP contribution is 2.15. The van der Waals surface area contributed by atoms with Crippen molar-refractivity contribution in [2.75, 3.05) is 6.54 Å². The van der Waals surface area contributed by atoms with E-state index in [9.17, 15) is 4.39 Å². The van der Waals surface area contributed by atoms with Crippen molar-refractivity contribution in [3.8, 4) is 0 Å². The molecule has 0 radical (unpaired) electrons. The van der Waals surface area contributed by atoms with Crippen LogP contribution in [-0.4, -0.2) is 17.9 Å². The Labute approximate surface area is 116 Å². The number of aromatic nitrogens is 1. The Bertz CT molecular complexity index is 565.